The van der Waals surface area contributed by atoms with Gasteiger partial charge in [-0.1, -0.05) is 18.2 Å². The molecule has 0 amide bonds. The summed E-state index contributed by atoms with van der Waals surface area (Å²) < 4.78 is 5.24. The number of pyridine rings is 1. The normalized spacial score (nSPS) is 11.6. The highest BCUT2D eigenvalue weighted by Crippen LogP contribution is 2.17. The van der Waals surface area contributed by atoms with Gasteiger partial charge in [0, 0.05) is 18.4 Å². The minimum atomic E-state index is 0.0816. The first kappa shape index (κ1) is 15.0. The summed E-state index contributed by atoms with van der Waals surface area (Å²) in [5.74, 6) is 0.725. The Morgan fingerprint density at radius 1 is 1.29 bits per heavy atom. The van der Waals surface area contributed by atoms with Crippen LogP contribution in [0.15, 0.2) is 48.8 Å². The van der Waals surface area contributed by atoms with E-state index in [0.29, 0.717) is 0 Å². The molecule has 0 aliphatic carbocycles. The van der Waals surface area contributed by atoms with E-state index in [2.05, 4.69) is 23.3 Å². The van der Waals surface area contributed by atoms with Gasteiger partial charge in [0.05, 0.1) is 0 Å². The van der Waals surface area contributed by atoms with Gasteiger partial charge < -0.3 is 10.1 Å². The lowest BCUT2D eigenvalue weighted by atomic mass is 10.1. The number of hydrogen-bond acceptors (Lipinski definition) is 4. The first-order chi connectivity index (χ1) is 10.3. The highest BCUT2D eigenvalue weighted by atomic mass is 16.5. The van der Waals surface area contributed by atoms with Gasteiger partial charge in [0.25, 0.3) is 0 Å². The van der Waals surface area contributed by atoms with Crippen LogP contribution in [0.1, 0.15) is 24.1 Å². The molecule has 1 unspecified atom stereocenters. The number of nitriles is 1. The Morgan fingerprint density at radius 2 is 2.10 bits per heavy atom. The van der Waals surface area contributed by atoms with E-state index in [1.54, 1.807) is 6.20 Å². The van der Waals surface area contributed by atoms with Gasteiger partial charge in [-0.05, 0) is 49.2 Å². The molecule has 2 rings (SSSR count). The topological polar surface area (TPSA) is 57.9 Å². The van der Waals surface area contributed by atoms with Crippen molar-refractivity contribution in [2.75, 3.05) is 13.2 Å². The Hall–Kier alpha value is -2.38. The largest absolute Gasteiger partial charge is 0.479 e. The third-order valence-electron chi connectivity index (χ3n) is 3.27. The van der Waals surface area contributed by atoms with Gasteiger partial charge in [0.2, 0.25) is 0 Å². The minimum Gasteiger partial charge on any atom is -0.479 e. The Kier molecular flexibility index (Phi) is 5.74. The third kappa shape index (κ3) is 4.90. The SMILES string of the molecule is CC(NCCc1cccnc1)c1ccc(OCC#N)cc1. The van der Waals surface area contributed by atoms with E-state index in [9.17, 15) is 0 Å². The van der Waals surface area contributed by atoms with Crippen LogP contribution in [0.5, 0.6) is 5.75 Å². The number of benzene rings is 1. The van der Waals surface area contributed by atoms with Crippen LogP contribution in [0.25, 0.3) is 0 Å². The average molecular weight is 281 g/mol. The smallest absolute Gasteiger partial charge is 0.174 e. The summed E-state index contributed by atoms with van der Waals surface area (Å²) in [7, 11) is 0. The van der Waals surface area contributed by atoms with Crippen LogP contribution < -0.4 is 10.1 Å². The maximum Gasteiger partial charge on any atom is 0.174 e. The molecule has 1 aromatic carbocycles. The highest BCUT2D eigenvalue weighted by Gasteiger charge is 2.05. The molecular formula is C17H19N3O. The maximum absolute atomic E-state index is 8.47. The average Bonchev–Trinajstić information content (AvgIpc) is 2.54. The molecule has 0 saturated heterocycles. The van der Waals surface area contributed by atoms with Crippen molar-refractivity contribution >= 4 is 0 Å². The number of hydrogen-bond donors (Lipinski definition) is 1. The summed E-state index contributed by atoms with van der Waals surface area (Å²) >= 11 is 0. The molecule has 2 aromatic rings. The molecule has 0 radical (unpaired) electrons. The summed E-state index contributed by atoms with van der Waals surface area (Å²) in [6.45, 7) is 3.12. The lowest BCUT2D eigenvalue weighted by molar-refractivity contribution is 0.368. The second kappa shape index (κ2) is 8.03. The fourth-order valence-electron chi connectivity index (χ4n) is 2.07. The Bertz CT molecular complexity index is 575. The van der Waals surface area contributed by atoms with Crippen LogP contribution >= 0.6 is 0 Å². The van der Waals surface area contributed by atoms with E-state index in [0.717, 1.165) is 18.7 Å². The van der Waals surface area contributed by atoms with Crippen LogP contribution in [0.2, 0.25) is 0 Å². The van der Waals surface area contributed by atoms with Gasteiger partial charge in [-0.3, -0.25) is 4.98 Å². The summed E-state index contributed by atoms with van der Waals surface area (Å²) in [4.78, 5) is 4.11. The zero-order chi connectivity index (χ0) is 14.9. The molecule has 0 aliphatic rings. The van der Waals surface area contributed by atoms with Crippen LogP contribution in [0.3, 0.4) is 0 Å². The zero-order valence-electron chi connectivity index (χ0n) is 12.1. The van der Waals surface area contributed by atoms with E-state index >= 15 is 0 Å². The van der Waals surface area contributed by atoms with Gasteiger partial charge in [0.15, 0.2) is 6.61 Å². The monoisotopic (exact) mass is 281 g/mol. The van der Waals surface area contributed by atoms with E-state index < -0.39 is 0 Å². The molecule has 1 aromatic heterocycles. The number of ether oxygens (including phenoxy) is 1. The lowest BCUT2D eigenvalue weighted by Crippen LogP contribution is -2.21. The highest BCUT2D eigenvalue weighted by molar-refractivity contribution is 5.29. The molecule has 1 atom stereocenters. The van der Waals surface area contributed by atoms with Crippen molar-refractivity contribution in [3.05, 3.63) is 59.9 Å². The molecule has 0 aliphatic heterocycles. The quantitative estimate of drug-likeness (QED) is 0.848. The van der Waals surface area contributed by atoms with Crippen LogP contribution in [-0.2, 0) is 6.42 Å². The van der Waals surface area contributed by atoms with E-state index in [-0.39, 0.29) is 12.6 Å². The van der Waals surface area contributed by atoms with E-state index in [4.69, 9.17) is 10.00 Å². The molecule has 1 N–H and O–H groups in total. The molecule has 108 valence electrons. The van der Waals surface area contributed by atoms with Crippen molar-refractivity contribution in [2.45, 2.75) is 19.4 Å². The fraction of sp³-hybridized carbons (Fsp3) is 0.294. The van der Waals surface area contributed by atoms with Crippen molar-refractivity contribution in [1.82, 2.24) is 10.3 Å². The summed E-state index contributed by atoms with van der Waals surface area (Å²) in [6, 6.07) is 14.1. The molecule has 4 heteroatoms. The van der Waals surface area contributed by atoms with Gasteiger partial charge in [-0.2, -0.15) is 5.26 Å². The number of nitrogens with one attached hydrogen (secondary N) is 1. The van der Waals surface area contributed by atoms with Crippen molar-refractivity contribution in [2.24, 2.45) is 0 Å². The third-order valence-corrected chi connectivity index (χ3v) is 3.27. The summed E-state index contributed by atoms with van der Waals surface area (Å²) in [5.41, 5.74) is 2.43. The first-order valence-electron chi connectivity index (χ1n) is 7.01. The predicted octanol–water partition coefficient (Wildman–Crippen LogP) is 2.88. The first-order valence-corrected chi connectivity index (χ1v) is 7.01. The minimum absolute atomic E-state index is 0.0816. The number of rotatable bonds is 7. The molecule has 21 heavy (non-hydrogen) atoms. The second-order valence-electron chi connectivity index (χ2n) is 4.80. The summed E-state index contributed by atoms with van der Waals surface area (Å²) in [5, 5.41) is 12.0. The van der Waals surface area contributed by atoms with E-state index in [1.807, 2.05) is 42.6 Å². The standard InChI is InChI=1S/C17H19N3O/c1-14(20-11-8-15-3-2-10-19-13-15)16-4-6-17(7-5-16)21-12-9-18/h2-7,10,13-14,20H,8,11-12H2,1H3. The number of aromatic nitrogens is 1. The van der Waals surface area contributed by atoms with Crippen LogP contribution in [0, 0.1) is 11.3 Å². The molecule has 0 fully saturated rings. The van der Waals surface area contributed by atoms with Gasteiger partial charge >= 0.3 is 0 Å². The summed E-state index contributed by atoms with van der Waals surface area (Å²) in [6.07, 6.45) is 4.64. The Morgan fingerprint density at radius 3 is 2.76 bits per heavy atom. The molecule has 0 bridgehead atoms. The maximum atomic E-state index is 8.47. The Labute approximate surface area is 125 Å². The Balaban J connectivity index is 1.80. The second-order valence-corrected chi connectivity index (χ2v) is 4.80. The molecule has 1 heterocycles. The van der Waals surface area contributed by atoms with Gasteiger partial charge in [-0.25, -0.2) is 0 Å². The van der Waals surface area contributed by atoms with Crippen molar-refractivity contribution in [3.8, 4) is 11.8 Å². The van der Waals surface area contributed by atoms with Gasteiger partial charge in [-0.15, -0.1) is 0 Å². The molecule has 0 saturated carbocycles. The number of nitrogens with zero attached hydrogens (tertiary/aromatic N) is 2. The van der Waals surface area contributed by atoms with Crippen molar-refractivity contribution in [3.63, 3.8) is 0 Å². The van der Waals surface area contributed by atoms with E-state index in [1.165, 1.54) is 11.1 Å². The molecule has 0 spiro atoms. The molecular weight excluding hydrogens is 262 g/mol. The van der Waals surface area contributed by atoms with Crippen molar-refractivity contribution in [1.29, 1.82) is 5.26 Å². The predicted molar refractivity (Wildman–Crippen MR) is 81.9 cm³/mol. The zero-order valence-corrected chi connectivity index (χ0v) is 12.1. The van der Waals surface area contributed by atoms with Crippen LogP contribution in [0.4, 0.5) is 0 Å². The lowest BCUT2D eigenvalue weighted by Gasteiger charge is -2.14. The molecule has 4 nitrogen and oxygen atoms in total. The van der Waals surface area contributed by atoms with Gasteiger partial charge in [0.1, 0.15) is 11.8 Å². The van der Waals surface area contributed by atoms with Crippen molar-refractivity contribution < 1.29 is 4.74 Å². The van der Waals surface area contributed by atoms with Crippen LogP contribution in [-0.4, -0.2) is 18.1 Å². The fourth-order valence-corrected chi connectivity index (χ4v) is 2.07.